The molecule has 0 saturated carbocycles. The molecule has 1 unspecified atom stereocenters. The maximum absolute atomic E-state index is 12.6. The van der Waals surface area contributed by atoms with Gasteiger partial charge in [0.05, 0.1) is 15.5 Å². The second-order valence-electron chi connectivity index (χ2n) is 7.08. The van der Waals surface area contributed by atoms with Crippen LogP contribution < -0.4 is 10.6 Å². The van der Waals surface area contributed by atoms with Gasteiger partial charge in [-0.15, -0.1) is 11.8 Å². The quantitative estimate of drug-likeness (QED) is 0.357. The first-order valence-corrected chi connectivity index (χ1v) is 11.5. The highest BCUT2D eigenvalue weighted by Gasteiger charge is 2.16. The number of carbonyl (C=O) groups excluding carboxylic acids is 2. The van der Waals surface area contributed by atoms with Gasteiger partial charge in [0.25, 0.3) is 5.91 Å². The molecule has 31 heavy (non-hydrogen) atoms. The van der Waals surface area contributed by atoms with E-state index in [4.69, 9.17) is 0 Å². The molecule has 0 bridgehead atoms. The van der Waals surface area contributed by atoms with Crippen LogP contribution in [0.4, 0.5) is 10.8 Å². The Morgan fingerprint density at radius 2 is 1.65 bits per heavy atom. The summed E-state index contributed by atoms with van der Waals surface area (Å²) in [6, 6.07) is 22.7. The van der Waals surface area contributed by atoms with Crippen LogP contribution in [0.15, 0.2) is 77.7 Å². The van der Waals surface area contributed by atoms with E-state index in [-0.39, 0.29) is 17.1 Å². The number of para-hydroxylation sites is 1. The van der Waals surface area contributed by atoms with Crippen molar-refractivity contribution in [1.82, 2.24) is 4.98 Å². The van der Waals surface area contributed by atoms with E-state index in [1.165, 1.54) is 23.1 Å². The van der Waals surface area contributed by atoms with Crippen molar-refractivity contribution in [3.63, 3.8) is 0 Å². The molecule has 4 aromatic rings. The van der Waals surface area contributed by atoms with E-state index in [2.05, 4.69) is 15.6 Å². The minimum atomic E-state index is -0.292. The van der Waals surface area contributed by atoms with E-state index in [0.29, 0.717) is 16.4 Å². The number of amides is 2. The first-order valence-electron chi connectivity index (χ1n) is 9.79. The largest absolute Gasteiger partial charge is 0.322 e. The maximum atomic E-state index is 12.6. The molecule has 2 amide bonds. The minimum absolute atomic E-state index is 0.0965. The van der Waals surface area contributed by atoms with E-state index in [1.807, 2.05) is 74.5 Å². The number of hydrogen-bond acceptors (Lipinski definition) is 5. The number of nitrogens with zero attached hydrogens (tertiary/aromatic N) is 1. The number of aromatic nitrogens is 1. The van der Waals surface area contributed by atoms with Crippen LogP contribution >= 0.6 is 23.1 Å². The lowest BCUT2D eigenvalue weighted by Gasteiger charge is -2.11. The highest BCUT2D eigenvalue weighted by molar-refractivity contribution is 8.00. The molecule has 156 valence electrons. The highest BCUT2D eigenvalue weighted by Crippen LogP contribution is 2.28. The minimum Gasteiger partial charge on any atom is -0.322 e. The second-order valence-corrected chi connectivity index (χ2v) is 9.53. The lowest BCUT2D eigenvalue weighted by atomic mass is 10.1. The number of hydrogen-bond donors (Lipinski definition) is 2. The third-order valence-electron chi connectivity index (χ3n) is 4.63. The third-order valence-corrected chi connectivity index (χ3v) is 6.70. The average molecular weight is 448 g/mol. The number of fused-ring (bicyclic) bond motifs is 1. The van der Waals surface area contributed by atoms with Crippen LogP contribution in [0.5, 0.6) is 0 Å². The fraction of sp³-hybridized carbons (Fsp3) is 0.125. The van der Waals surface area contributed by atoms with Crippen molar-refractivity contribution in [1.29, 1.82) is 0 Å². The molecular weight excluding hydrogens is 426 g/mol. The zero-order valence-electron chi connectivity index (χ0n) is 17.1. The zero-order chi connectivity index (χ0) is 21.8. The number of nitrogens with one attached hydrogen (secondary N) is 2. The normalized spacial score (nSPS) is 11.8. The van der Waals surface area contributed by atoms with Crippen molar-refractivity contribution in [2.24, 2.45) is 0 Å². The predicted octanol–water partition coefficient (Wildman–Crippen LogP) is 5.98. The van der Waals surface area contributed by atoms with Gasteiger partial charge in [-0.2, -0.15) is 0 Å². The van der Waals surface area contributed by atoms with Crippen molar-refractivity contribution in [3.05, 3.63) is 83.9 Å². The fourth-order valence-corrected chi connectivity index (χ4v) is 4.65. The summed E-state index contributed by atoms with van der Waals surface area (Å²) in [5, 5.41) is 6.11. The Morgan fingerprint density at radius 1 is 0.935 bits per heavy atom. The van der Waals surface area contributed by atoms with E-state index in [1.54, 1.807) is 12.1 Å². The Kier molecular flexibility index (Phi) is 6.34. The lowest BCUT2D eigenvalue weighted by molar-refractivity contribution is -0.115. The molecule has 2 N–H and O–H groups in total. The number of aryl methyl sites for hydroxylation is 1. The fourth-order valence-electron chi connectivity index (χ4n) is 2.92. The van der Waals surface area contributed by atoms with Gasteiger partial charge >= 0.3 is 0 Å². The van der Waals surface area contributed by atoms with Gasteiger partial charge in [0.15, 0.2) is 5.13 Å². The van der Waals surface area contributed by atoms with Crippen LogP contribution in [0.3, 0.4) is 0 Å². The van der Waals surface area contributed by atoms with Crippen molar-refractivity contribution >= 4 is 55.9 Å². The van der Waals surface area contributed by atoms with Gasteiger partial charge in [-0.3, -0.25) is 9.59 Å². The number of rotatable bonds is 6. The van der Waals surface area contributed by atoms with Crippen LogP contribution in [0.1, 0.15) is 22.8 Å². The Morgan fingerprint density at radius 3 is 2.35 bits per heavy atom. The smallest absolute Gasteiger partial charge is 0.255 e. The van der Waals surface area contributed by atoms with Crippen molar-refractivity contribution in [2.45, 2.75) is 24.0 Å². The summed E-state index contributed by atoms with van der Waals surface area (Å²) in [4.78, 5) is 30.3. The van der Waals surface area contributed by atoms with Crippen molar-refractivity contribution < 1.29 is 9.59 Å². The number of anilines is 2. The summed E-state index contributed by atoms with van der Waals surface area (Å²) >= 11 is 2.92. The zero-order valence-corrected chi connectivity index (χ0v) is 18.7. The van der Waals surface area contributed by atoms with Gasteiger partial charge in [0.1, 0.15) is 0 Å². The Hall–Kier alpha value is -3.16. The first-order chi connectivity index (χ1) is 15.0. The third kappa shape index (κ3) is 5.31. The number of thiazole rings is 1. The monoisotopic (exact) mass is 447 g/mol. The average Bonchev–Trinajstić information content (AvgIpc) is 3.17. The summed E-state index contributed by atoms with van der Waals surface area (Å²) in [6.45, 7) is 3.85. The summed E-state index contributed by atoms with van der Waals surface area (Å²) in [5.41, 5.74) is 3.32. The van der Waals surface area contributed by atoms with E-state index in [9.17, 15) is 9.59 Å². The molecule has 1 heterocycles. The van der Waals surface area contributed by atoms with Gasteiger partial charge in [0, 0.05) is 16.1 Å². The highest BCUT2D eigenvalue weighted by atomic mass is 32.2. The maximum Gasteiger partial charge on any atom is 0.255 e. The number of carbonyl (C=O) groups is 2. The predicted molar refractivity (Wildman–Crippen MR) is 129 cm³/mol. The molecule has 0 spiro atoms. The number of thioether (sulfide) groups is 1. The topological polar surface area (TPSA) is 71.1 Å². The Balaban J connectivity index is 1.33. The van der Waals surface area contributed by atoms with E-state index >= 15 is 0 Å². The van der Waals surface area contributed by atoms with Gasteiger partial charge in [-0.25, -0.2) is 4.98 Å². The molecule has 3 aromatic carbocycles. The Bertz CT molecular complexity index is 1180. The van der Waals surface area contributed by atoms with E-state index in [0.717, 1.165) is 20.7 Å². The molecule has 0 aliphatic rings. The molecular formula is C24H21N3O2S2. The molecule has 0 radical (unpaired) electrons. The van der Waals surface area contributed by atoms with Crippen molar-refractivity contribution in [3.8, 4) is 0 Å². The summed E-state index contributed by atoms with van der Waals surface area (Å²) in [5.74, 6) is -0.246. The summed E-state index contributed by atoms with van der Waals surface area (Å²) in [6.07, 6.45) is 0. The van der Waals surface area contributed by atoms with Crippen LogP contribution in [0.25, 0.3) is 10.2 Å². The van der Waals surface area contributed by atoms with Crippen LogP contribution in [0, 0.1) is 6.92 Å². The molecule has 1 aromatic heterocycles. The lowest BCUT2D eigenvalue weighted by Crippen LogP contribution is -2.22. The van der Waals surface area contributed by atoms with Crippen LogP contribution in [-0.2, 0) is 4.79 Å². The molecule has 7 heteroatoms. The van der Waals surface area contributed by atoms with Crippen molar-refractivity contribution in [2.75, 3.05) is 10.6 Å². The number of benzene rings is 3. The molecule has 0 aliphatic heterocycles. The molecule has 0 aliphatic carbocycles. The Labute approximate surface area is 188 Å². The first kappa shape index (κ1) is 21.1. The molecule has 4 rings (SSSR count). The van der Waals surface area contributed by atoms with Crippen LogP contribution in [-0.4, -0.2) is 22.0 Å². The van der Waals surface area contributed by atoms with E-state index < -0.39 is 0 Å². The molecule has 1 atom stereocenters. The standard InChI is InChI=1S/C24H21N3O2S2/c1-15-7-9-17(10-8-15)23(29)25-18-11-13-19(14-12-18)30-16(2)22(28)27-24-26-20-5-3-4-6-21(20)31-24/h3-14,16H,1-2H3,(H,25,29)(H,26,27,28). The van der Waals surface area contributed by atoms with Crippen LogP contribution in [0.2, 0.25) is 0 Å². The molecule has 5 nitrogen and oxygen atoms in total. The summed E-state index contributed by atoms with van der Waals surface area (Å²) in [7, 11) is 0. The van der Waals surface area contributed by atoms with Gasteiger partial charge < -0.3 is 10.6 Å². The summed E-state index contributed by atoms with van der Waals surface area (Å²) < 4.78 is 1.04. The molecule has 0 fully saturated rings. The van der Waals surface area contributed by atoms with Gasteiger partial charge in [0.2, 0.25) is 5.91 Å². The second kappa shape index (κ2) is 9.32. The SMILES string of the molecule is Cc1ccc(C(=O)Nc2ccc(SC(C)C(=O)Nc3nc4ccccc4s3)cc2)cc1. The molecule has 0 saturated heterocycles. The van der Waals surface area contributed by atoms with Gasteiger partial charge in [-0.1, -0.05) is 41.2 Å². The van der Waals surface area contributed by atoms with Gasteiger partial charge in [-0.05, 0) is 62.4 Å².